The van der Waals surface area contributed by atoms with Gasteiger partial charge in [-0.2, -0.15) is 0 Å². The van der Waals surface area contributed by atoms with Crippen LogP contribution in [0.5, 0.6) is 0 Å². The van der Waals surface area contributed by atoms with Crippen LogP contribution in [-0.2, 0) is 17.6 Å². The molecule has 1 aliphatic rings. The molecule has 2 rings (SSSR count). The van der Waals surface area contributed by atoms with Crippen LogP contribution in [0.3, 0.4) is 0 Å². The molecule has 2 heterocycles. The Morgan fingerprint density at radius 3 is 2.79 bits per heavy atom. The lowest BCUT2D eigenvalue weighted by Gasteiger charge is -2.36. The highest BCUT2D eigenvalue weighted by atomic mass is 16.1. The van der Waals surface area contributed by atoms with E-state index in [1.165, 1.54) is 5.56 Å². The quantitative estimate of drug-likeness (QED) is 0.810. The molecule has 0 N–H and O–H groups in total. The second kappa shape index (κ2) is 6.26. The number of aromatic nitrogens is 1. The molecule has 1 aromatic heterocycles. The van der Waals surface area contributed by atoms with E-state index in [4.69, 9.17) is 0 Å². The van der Waals surface area contributed by atoms with Crippen molar-refractivity contribution in [1.82, 2.24) is 14.8 Å². The van der Waals surface area contributed by atoms with Crippen LogP contribution in [0.2, 0.25) is 0 Å². The van der Waals surface area contributed by atoms with E-state index in [1.807, 2.05) is 19.3 Å². The number of carbonyl (C=O) groups excluding carboxylic acids is 1. The zero-order valence-corrected chi connectivity index (χ0v) is 12.1. The predicted octanol–water partition coefficient (Wildman–Crippen LogP) is 1.00. The van der Waals surface area contributed by atoms with Gasteiger partial charge in [-0.25, -0.2) is 0 Å². The number of aryl methyl sites for hydroxylation is 1. The molecule has 19 heavy (non-hydrogen) atoms. The average molecular weight is 261 g/mol. The monoisotopic (exact) mass is 261 g/mol. The van der Waals surface area contributed by atoms with E-state index in [2.05, 4.69) is 34.8 Å². The summed E-state index contributed by atoms with van der Waals surface area (Å²) >= 11 is 0. The maximum atomic E-state index is 12.4. The van der Waals surface area contributed by atoms with Crippen LogP contribution in [0.4, 0.5) is 0 Å². The largest absolute Gasteiger partial charge is 0.303 e. The molecule has 4 heteroatoms. The Bertz CT molecular complexity index is 430. The lowest BCUT2D eigenvalue weighted by Crippen LogP contribution is -2.53. The Morgan fingerprint density at radius 1 is 1.37 bits per heavy atom. The van der Waals surface area contributed by atoms with Crippen molar-refractivity contribution in [2.24, 2.45) is 0 Å². The van der Waals surface area contributed by atoms with Gasteiger partial charge in [0.05, 0.1) is 12.5 Å². The van der Waals surface area contributed by atoms with Crippen molar-refractivity contribution >= 4 is 5.78 Å². The molecule has 0 radical (unpaired) electrons. The van der Waals surface area contributed by atoms with E-state index in [1.54, 1.807) is 0 Å². The Balaban J connectivity index is 1.99. The van der Waals surface area contributed by atoms with Crippen LogP contribution < -0.4 is 0 Å². The van der Waals surface area contributed by atoms with E-state index in [9.17, 15) is 4.79 Å². The van der Waals surface area contributed by atoms with Crippen molar-refractivity contribution < 1.29 is 4.79 Å². The van der Waals surface area contributed by atoms with E-state index in [-0.39, 0.29) is 11.8 Å². The summed E-state index contributed by atoms with van der Waals surface area (Å²) in [6.07, 6.45) is 3.30. The minimum Gasteiger partial charge on any atom is -0.303 e. The van der Waals surface area contributed by atoms with Crippen LogP contribution in [-0.4, -0.2) is 60.3 Å². The lowest BCUT2D eigenvalue weighted by molar-refractivity contribution is -0.125. The molecule has 1 aromatic rings. The Morgan fingerprint density at radius 2 is 2.16 bits per heavy atom. The van der Waals surface area contributed by atoms with Gasteiger partial charge in [-0.3, -0.25) is 14.7 Å². The van der Waals surface area contributed by atoms with Gasteiger partial charge in [0.25, 0.3) is 0 Å². The molecule has 0 spiro atoms. The highest BCUT2D eigenvalue weighted by Gasteiger charge is 2.28. The Labute approximate surface area is 115 Å². The molecule has 1 saturated heterocycles. The molecular formula is C15H23N3O. The van der Waals surface area contributed by atoms with Gasteiger partial charge in [0.2, 0.25) is 0 Å². The van der Waals surface area contributed by atoms with Crippen molar-refractivity contribution in [1.29, 1.82) is 0 Å². The van der Waals surface area contributed by atoms with Gasteiger partial charge in [-0.1, -0.05) is 13.0 Å². The Hall–Kier alpha value is -1.26. The average Bonchev–Trinajstić information content (AvgIpc) is 2.42. The van der Waals surface area contributed by atoms with Crippen LogP contribution in [0.25, 0.3) is 0 Å². The summed E-state index contributed by atoms with van der Waals surface area (Å²) in [6.45, 7) is 4.91. The number of Topliss-reactive ketones (excluding diaryl/α,β-unsaturated/α-hetero) is 1. The SMILES string of the molecule is CCc1ccc(CC(=O)C2CN(C)CCN2C)nc1. The van der Waals surface area contributed by atoms with Crippen LogP contribution in [0.1, 0.15) is 18.2 Å². The van der Waals surface area contributed by atoms with E-state index in [0.29, 0.717) is 6.42 Å². The number of nitrogens with zero attached hydrogens (tertiary/aromatic N) is 3. The number of rotatable bonds is 4. The molecule has 4 nitrogen and oxygen atoms in total. The zero-order chi connectivity index (χ0) is 13.8. The van der Waals surface area contributed by atoms with Crippen molar-refractivity contribution in [2.45, 2.75) is 25.8 Å². The van der Waals surface area contributed by atoms with Crippen molar-refractivity contribution in [3.05, 3.63) is 29.6 Å². The van der Waals surface area contributed by atoms with Gasteiger partial charge < -0.3 is 4.90 Å². The fourth-order valence-electron chi connectivity index (χ4n) is 2.42. The summed E-state index contributed by atoms with van der Waals surface area (Å²) in [4.78, 5) is 21.1. The van der Waals surface area contributed by atoms with Crippen molar-refractivity contribution in [2.75, 3.05) is 33.7 Å². The highest BCUT2D eigenvalue weighted by Crippen LogP contribution is 2.10. The lowest BCUT2D eigenvalue weighted by atomic mass is 10.0. The fourth-order valence-corrected chi connectivity index (χ4v) is 2.42. The second-order valence-electron chi connectivity index (χ2n) is 5.41. The summed E-state index contributed by atoms with van der Waals surface area (Å²) in [5, 5.41) is 0. The molecule has 1 fully saturated rings. The first-order valence-corrected chi connectivity index (χ1v) is 6.95. The summed E-state index contributed by atoms with van der Waals surface area (Å²) in [6, 6.07) is 4.04. The smallest absolute Gasteiger partial charge is 0.157 e. The van der Waals surface area contributed by atoms with Gasteiger partial charge in [0.15, 0.2) is 5.78 Å². The number of piperazine rings is 1. The van der Waals surface area contributed by atoms with Gasteiger partial charge in [0.1, 0.15) is 0 Å². The fraction of sp³-hybridized carbons (Fsp3) is 0.600. The van der Waals surface area contributed by atoms with Gasteiger partial charge in [-0.15, -0.1) is 0 Å². The molecule has 0 bridgehead atoms. The first kappa shape index (κ1) is 14.2. The van der Waals surface area contributed by atoms with Crippen LogP contribution in [0, 0.1) is 0 Å². The zero-order valence-electron chi connectivity index (χ0n) is 12.1. The standard InChI is InChI=1S/C15H23N3O/c1-4-12-5-6-13(16-10-12)9-15(19)14-11-17(2)7-8-18(14)3/h5-6,10,14H,4,7-9,11H2,1-3H3. The molecule has 0 amide bonds. The summed E-state index contributed by atoms with van der Waals surface area (Å²) in [5.74, 6) is 0.269. The maximum absolute atomic E-state index is 12.4. The molecule has 1 atom stereocenters. The number of likely N-dealkylation sites (N-methyl/N-ethyl adjacent to an activating group) is 2. The first-order chi connectivity index (χ1) is 9.10. The number of ketones is 1. The molecule has 0 aliphatic carbocycles. The third-order valence-electron chi connectivity index (χ3n) is 3.87. The van der Waals surface area contributed by atoms with E-state index in [0.717, 1.165) is 31.7 Å². The second-order valence-corrected chi connectivity index (χ2v) is 5.41. The van der Waals surface area contributed by atoms with E-state index >= 15 is 0 Å². The minimum atomic E-state index is 0.00593. The molecule has 1 unspecified atom stereocenters. The number of pyridine rings is 1. The minimum absolute atomic E-state index is 0.00593. The topological polar surface area (TPSA) is 36.4 Å². The van der Waals surface area contributed by atoms with E-state index < -0.39 is 0 Å². The number of hydrogen-bond donors (Lipinski definition) is 0. The summed E-state index contributed by atoms with van der Waals surface area (Å²) in [7, 11) is 4.10. The van der Waals surface area contributed by atoms with Crippen LogP contribution >= 0.6 is 0 Å². The number of hydrogen-bond acceptors (Lipinski definition) is 4. The molecule has 0 aromatic carbocycles. The normalized spacial score (nSPS) is 21.5. The van der Waals surface area contributed by atoms with Crippen molar-refractivity contribution in [3.63, 3.8) is 0 Å². The molecule has 1 aliphatic heterocycles. The maximum Gasteiger partial charge on any atom is 0.157 e. The Kier molecular flexibility index (Phi) is 4.66. The summed E-state index contributed by atoms with van der Waals surface area (Å²) < 4.78 is 0. The van der Waals surface area contributed by atoms with Crippen molar-refractivity contribution in [3.8, 4) is 0 Å². The van der Waals surface area contributed by atoms with Gasteiger partial charge in [-0.05, 0) is 32.1 Å². The van der Waals surface area contributed by atoms with Crippen LogP contribution in [0.15, 0.2) is 18.3 Å². The molecule has 104 valence electrons. The summed E-state index contributed by atoms with van der Waals surface area (Å²) in [5.41, 5.74) is 2.09. The van der Waals surface area contributed by atoms with Gasteiger partial charge >= 0.3 is 0 Å². The first-order valence-electron chi connectivity index (χ1n) is 6.95. The molecule has 0 saturated carbocycles. The third kappa shape index (κ3) is 3.61. The predicted molar refractivity (Wildman–Crippen MR) is 76.2 cm³/mol. The number of carbonyl (C=O) groups is 1. The third-order valence-corrected chi connectivity index (χ3v) is 3.87. The van der Waals surface area contributed by atoms with Gasteiger partial charge in [0, 0.05) is 31.5 Å². The highest BCUT2D eigenvalue weighted by molar-refractivity contribution is 5.86. The molecular weight excluding hydrogens is 238 g/mol.